The van der Waals surface area contributed by atoms with E-state index in [0.717, 1.165) is 17.0 Å². The number of hydrogen-bond acceptors (Lipinski definition) is 6. The van der Waals surface area contributed by atoms with E-state index in [1.807, 2.05) is 20.8 Å². The van der Waals surface area contributed by atoms with Crippen LogP contribution in [0, 0.1) is 11.8 Å². The van der Waals surface area contributed by atoms with E-state index in [2.05, 4.69) is 20.0 Å². The number of amides is 1. The summed E-state index contributed by atoms with van der Waals surface area (Å²) in [5.41, 5.74) is 0.717. The fourth-order valence-electron chi connectivity index (χ4n) is 2.82. The van der Waals surface area contributed by atoms with Gasteiger partial charge in [0.05, 0.1) is 11.7 Å². The number of fused-ring (bicyclic) bond motifs is 3. The Labute approximate surface area is 160 Å². The highest BCUT2D eigenvalue weighted by Gasteiger charge is 2.19. The molecule has 0 saturated carbocycles. The maximum Gasteiger partial charge on any atom is 0.511 e. The minimum Gasteiger partial charge on any atom is -0.449 e. The van der Waals surface area contributed by atoms with E-state index in [0.29, 0.717) is 16.6 Å². The predicted octanol–water partition coefficient (Wildman–Crippen LogP) is 2.92. The van der Waals surface area contributed by atoms with Crippen LogP contribution in [0.3, 0.4) is 0 Å². The van der Waals surface area contributed by atoms with E-state index in [1.165, 1.54) is 6.33 Å². The number of anilines is 1. The standard InChI is InChI=1S/C19H20N4O5/c1-4-10(2)11(3)17(24)22-12-5-6-14-13(7-12)16-20-8-15(28-19(26)27)18(25)23(16)9-21-14/h5-11H,4H2,1-3H3,(H,22,24)(H,26,27). The van der Waals surface area contributed by atoms with Gasteiger partial charge in [0.15, 0.2) is 5.65 Å². The van der Waals surface area contributed by atoms with E-state index in [9.17, 15) is 14.4 Å². The molecule has 3 rings (SSSR count). The Hall–Kier alpha value is -3.49. The molecule has 0 aliphatic carbocycles. The van der Waals surface area contributed by atoms with Crippen molar-refractivity contribution in [2.45, 2.75) is 27.2 Å². The Morgan fingerprint density at radius 3 is 2.71 bits per heavy atom. The summed E-state index contributed by atoms with van der Waals surface area (Å²) in [6.07, 6.45) is 1.61. The molecule has 1 aromatic carbocycles. The molecule has 9 heteroatoms. The first kappa shape index (κ1) is 19.3. The van der Waals surface area contributed by atoms with Crippen molar-refractivity contribution in [1.82, 2.24) is 14.4 Å². The normalized spacial score (nSPS) is 13.2. The molecule has 28 heavy (non-hydrogen) atoms. The minimum absolute atomic E-state index is 0.0934. The van der Waals surface area contributed by atoms with Gasteiger partial charge in [-0.2, -0.15) is 0 Å². The van der Waals surface area contributed by atoms with Gasteiger partial charge in [-0.15, -0.1) is 0 Å². The van der Waals surface area contributed by atoms with Gasteiger partial charge in [0, 0.05) is 17.0 Å². The quantitative estimate of drug-likeness (QED) is 0.512. The number of ether oxygens (including phenoxy) is 1. The van der Waals surface area contributed by atoms with Gasteiger partial charge in [-0.1, -0.05) is 27.2 Å². The van der Waals surface area contributed by atoms with Crippen molar-refractivity contribution in [2.75, 3.05) is 5.32 Å². The summed E-state index contributed by atoms with van der Waals surface area (Å²) < 4.78 is 5.54. The van der Waals surface area contributed by atoms with E-state index in [1.54, 1.807) is 18.2 Å². The van der Waals surface area contributed by atoms with Crippen LogP contribution >= 0.6 is 0 Å². The Morgan fingerprint density at radius 2 is 2.04 bits per heavy atom. The van der Waals surface area contributed by atoms with Crippen LogP contribution < -0.4 is 15.6 Å². The van der Waals surface area contributed by atoms with Crippen LogP contribution in [-0.2, 0) is 4.79 Å². The largest absolute Gasteiger partial charge is 0.511 e. The van der Waals surface area contributed by atoms with Crippen molar-refractivity contribution in [1.29, 1.82) is 0 Å². The van der Waals surface area contributed by atoms with E-state index in [-0.39, 0.29) is 23.4 Å². The fourth-order valence-corrected chi connectivity index (χ4v) is 2.82. The zero-order valence-electron chi connectivity index (χ0n) is 15.7. The number of hydrogen-bond donors (Lipinski definition) is 2. The molecule has 0 aliphatic rings. The second-order valence-corrected chi connectivity index (χ2v) is 6.63. The molecule has 0 spiro atoms. The number of carboxylic acid groups (broad SMARTS) is 1. The second kappa shape index (κ2) is 7.63. The van der Waals surface area contributed by atoms with Crippen molar-refractivity contribution >= 4 is 34.3 Å². The van der Waals surface area contributed by atoms with Crippen molar-refractivity contribution in [3.05, 3.63) is 41.1 Å². The van der Waals surface area contributed by atoms with Crippen LogP contribution in [0.2, 0.25) is 0 Å². The summed E-state index contributed by atoms with van der Waals surface area (Å²) in [6, 6.07) is 5.13. The number of nitrogens with zero attached hydrogens (tertiary/aromatic N) is 3. The molecule has 2 atom stereocenters. The maximum absolute atomic E-state index is 12.4. The summed E-state index contributed by atoms with van der Waals surface area (Å²) >= 11 is 0. The second-order valence-electron chi connectivity index (χ2n) is 6.63. The van der Waals surface area contributed by atoms with Crippen LogP contribution in [0.25, 0.3) is 16.6 Å². The molecule has 3 aromatic rings. The molecule has 0 bridgehead atoms. The van der Waals surface area contributed by atoms with E-state index < -0.39 is 17.5 Å². The average molecular weight is 384 g/mol. The number of rotatable bonds is 5. The summed E-state index contributed by atoms with van der Waals surface area (Å²) in [6.45, 7) is 5.94. The smallest absolute Gasteiger partial charge is 0.449 e. The third kappa shape index (κ3) is 3.64. The zero-order chi connectivity index (χ0) is 20.4. The molecule has 0 fully saturated rings. The molecule has 9 nitrogen and oxygen atoms in total. The van der Waals surface area contributed by atoms with E-state index in [4.69, 9.17) is 5.11 Å². The highest BCUT2D eigenvalue weighted by molar-refractivity contribution is 5.98. The van der Waals surface area contributed by atoms with Gasteiger partial charge >= 0.3 is 11.7 Å². The van der Waals surface area contributed by atoms with Gasteiger partial charge in [-0.05, 0) is 24.1 Å². The van der Waals surface area contributed by atoms with Crippen molar-refractivity contribution in [3.8, 4) is 5.75 Å². The molecule has 0 aliphatic heterocycles. The Bertz CT molecular complexity index is 1120. The third-order valence-electron chi connectivity index (χ3n) is 4.89. The van der Waals surface area contributed by atoms with Crippen LogP contribution in [0.5, 0.6) is 5.75 Å². The monoisotopic (exact) mass is 384 g/mol. The number of carbonyl (C=O) groups excluding carboxylic acids is 1. The lowest BCUT2D eigenvalue weighted by atomic mass is 9.93. The Balaban J connectivity index is 2.04. The Morgan fingerprint density at radius 1 is 1.29 bits per heavy atom. The molecular weight excluding hydrogens is 364 g/mol. The zero-order valence-corrected chi connectivity index (χ0v) is 15.7. The molecule has 1 amide bonds. The van der Waals surface area contributed by atoms with E-state index >= 15 is 0 Å². The van der Waals surface area contributed by atoms with Crippen LogP contribution in [0.4, 0.5) is 10.5 Å². The maximum atomic E-state index is 12.4. The van der Waals surface area contributed by atoms with Gasteiger partial charge < -0.3 is 15.2 Å². The topological polar surface area (TPSA) is 123 Å². The first-order valence-electron chi connectivity index (χ1n) is 8.83. The number of benzene rings is 1. The molecule has 0 saturated heterocycles. The number of nitrogens with one attached hydrogen (secondary N) is 1. The van der Waals surface area contributed by atoms with Crippen molar-refractivity contribution in [3.63, 3.8) is 0 Å². The summed E-state index contributed by atoms with van der Waals surface area (Å²) in [5.74, 6) is -0.416. The van der Waals surface area contributed by atoms with Gasteiger partial charge in [-0.25, -0.2) is 19.2 Å². The predicted molar refractivity (Wildman–Crippen MR) is 103 cm³/mol. The first-order chi connectivity index (χ1) is 13.3. The first-order valence-corrected chi connectivity index (χ1v) is 8.83. The van der Waals surface area contributed by atoms with Gasteiger partial charge in [0.1, 0.15) is 6.33 Å². The van der Waals surface area contributed by atoms with Crippen LogP contribution in [0.1, 0.15) is 27.2 Å². The molecular formula is C19H20N4O5. The molecule has 0 radical (unpaired) electrons. The summed E-state index contributed by atoms with van der Waals surface area (Å²) in [7, 11) is 0. The van der Waals surface area contributed by atoms with Crippen LogP contribution in [0.15, 0.2) is 35.5 Å². The number of aromatic nitrogens is 3. The van der Waals surface area contributed by atoms with Crippen LogP contribution in [-0.4, -0.2) is 31.5 Å². The summed E-state index contributed by atoms with van der Waals surface area (Å²) in [4.78, 5) is 43.9. The summed E-state index contributed by atoms with van der Waals surface area (Å²) in [5, 5.41) is 12.1. The van der Waals surface area contributed by atoms with Crippen molar-refractivity contribution < 1.29 is 19.4 Å². The molecule has 2 heterocycles. The lowest BCUT2D eigenvalue weighted by molar-refractivity contribution is -0.120. The molecule has 2 aromatic heterocycles. The number of carbonyl (C=O) groups is 2. The van der Waals surface area contributed by atoms with Crippen molar-refractivity contribution in [2.24, 2.45) is 11.8 Å². The Kier molecular flexibility index (Phi) is 5.25. The third-order valence-corrected chi connectivity index (χ3v) is 4.89. The fraction of sp³-hybridized carbons (Fsp3) is 0.316. The highest BCUT2D eigenvalue weighted by atomic mass is 16.7. The highest BCUT2D eigenvalue weighted by Crippen LogP contribution is 2.23. The average Bonchev–Trinajstić information content (AvgIpc) is 2.68. The lowest BCUT2D eigenvalue weighted by Gasteiger charge is -2.18. The molecule has 2 N–H and O–H groups in total. The minimum atomic E-state index is -1.60. The lowest BCUT2D eigenvalue weighted by Crippen LogP contribution is -2.25. The van der Waals surface area contributed by atoms with Gasteiger partial charge in [0.2, 0.25) is 11.7 Å². The molecule has 146 valence electrons. The van der Waals surface area contributed by atoms with Gasteiger partial charge in [-0.3, -0.25) is 9.59 Å². The van der Waals surface area contributed by atoms with Gasteiger partial charge in [0.25, 0.3) is 0 Å². The SMILES string of the molecule is CCC(C)C(C)C(=O)Nc1ccc2ncn3c(=O)c(OC(=O)O)cnc3c2c1. The molecule has 2 unspecified atom stereocenters.